The second-order valence-corrected chi connectivity index (χ2v) is 4.85. The highest BCUT2D eigenvalue weighted by Crippen LogP contribution is 2.33. The van der Waals surface area contributed by atoms with Crippen LogP contribution in [0, 0.1) is 5.82 Å². The van der Waals surface area contributed by atoms with E-state index in [4.69, 9.17) is 10.8 Å². The molecule has 3 N–H and O–H groups in total. The standard InChI is InChI=1S/C14H21FN2O/c15-12-5-4-11-10-17(6-2-1-3-7-18)14(9-16)13(11)8-12/h4-5,8,14,18H,1-3,6-7,9-10,16H2. The first-order valence-corrected chi connectivity index (χ1v) is 6.59. The van der Waals surface area contributed by atoms with Gasteiger partial charge in [0.15, 0.2) is 0 Å². The van der Waals surface area contributed by atoms with E-state index in [9.17, 15) is 4.39 Å². The minimum atomic E-state index is -0.186. The maximum absolute atomic E-state index is 13.3. The van der Waals surface area contributed by atoms with Gasteiger partial charge < -0.3 is 10.8 Å². The molecule has 0 aliphatic carbocycles. The van der Waals surface area contributed by atoms with Crippen molar-refractivity contribution in [3.63, 3.8) is 0 Å². The fourth-order valence-electron chi connectivity index (χ4n) is 2.66. The van der Waals surface area contributed by atoms with Crippen LogP contribution >= 0.6 is 0 Å². The van der Waals surface area contributed by atoms with Crippen LogP contribution in [-0.4, -0.2) is 29.7 Å². The van der Waals surface area contributed by atoms with Crippen molar-refractivity contribution in [2.45, 2.75) is 31.8 Å². The van der Waals surface area contributed by atoms with Crippen molar-refractivity contribution in [3.8, 4) is 0 Å². The van der Waals surface area contributed by atoms with E-state index in [0.29, 0.717) is 6.54 Å². The molecule has 100 valence electrons. The van der Waals surface area contributed by atoms with Gasteiger partial charge in [-0.15, -0.1) is 0 Å². The Hall–Kier alpha value is -0.970. The minimum absolute atomic E-state index is 0.143. The Morgan fingerprint density at radius 1 is 1.33 bits per heavy atom. The topological polar surface area (TPSA) is 49.5 Å². The fourth-order valence-corrected chi connectivity index (χ4v) is 2.66. The smallest absolute Gasteiger partial charge is 0.123 e. The largest absolute Gasteiger partial charge is 0.396 e. The number of nitrogens with zero attached hydrogens (tertiary/aromatic N) is 1. The Labute approximate surface area is 107 Å². The van der Waals surface area contributed by atoms with Gasteiger partial charge in [0.2, 0.25) is 0 Å². The van der Waals surface area contributed by atoms with Gasteiger partial charge in [-0.1, -0.05) is 6.07 Å². The molecule has 0 bridgehead atoms. The summed E-state index contributed by atoms with van der Waals surface area (Å²) in [7, 11) is 0. The highest BCUT2D eigenvalue weighted by molar-refractivity contribution is 5.34. The number of fused-ring (bicyclic) bond motifs is 1. The van der Waals surface area contributed by atoms with E-state index in [1.165, 1.54) is 11.6 Å². The lowest BCUT2D eigenvalue weighted by Crippen LogP contribution is -2.28. The summed E-state index contributed by atoms with van der Waals surface area (Å²) in [6.07, 6.45) is 2.92. The van der Waals surface area contributed by atoms with Crippen LogP contribution in [-0.2, 0) is 6.54 Å². The maximum Gasteiger partial charge on any atom is 0.123 e. The normalized spacial score (nSPS) is 19.2. The van der Waals surface area contributed by atoms with E-state index >= 15 is 0 Å². The minimum Gasteiger partial charge on any atom is -0.396 e. The lowest BCUT2D eigenvalue weighted by Gasteiger charge is -2.23. The van der Waals surface area contributed by atoms with Crippen LogP contribution < -0.4 is 5.73 Å². The molecule has 4 heteroatoms. The van der Waals surface area contributed by atoms with Gasteiger partial charge in [0.05, 0.1) is 0 Å². The summed E-state index contributed by atoms with van der Waals surface area (Å²) < 4.78 is 13.3. The highest BCUT2D eigenvalue weighted by atomic mass is 19.1. The lowest BCUT2D eigenvalue weighted by molar-refractivity contribution is 0.210. The molecule has 1 aromatic carbocycles. The van der Waals surface area contributed by atoms with Gasteiger partial charge in [0.25, 0.3) is 0 Å². The summed E-state index contributed by atoms with van der Waals surface area (Å²) in [6, 6.07) is 5.13. The molecule has 1 atom stereocenters. The molecule has 0 aromatic heterocycles. The summed E-state index contributed by atoms with van der Waals surface area (Å²) >= 11 is 0. The quantitative estimate of drug-likeness (QED) is 0.759. The SMILES string of the molecule is NCC1c2cc(F)ccc2CN1CCCCCO. The molecule has 2 rings (SSSR count). The molecule has 3 nitrogen and oxygen atoms in total. The Kier molecular flexibility index (Phi) is 4.69. The molecule has 0 fully saturated rings. The summed E-state index contributed by atoms with van der Waals surface area (Å²) in [4.78, 5) is 2.31. The molecule has 1 aliphatic heterocycles. The van der Waals surface area contributed by atoms with Gasteiger partial charge in [-0.3, -0.25) is 4.90 Å². The van der Waals surface area contributed by atoms with Gasteiger partial charge in [-0.2, -0.15) is 0 Å². The fraction of sp³-hybridized carbons (Fsp3) is 0.571. The van der Waals surface area contributed by atoms with Crippen molar-refractivity contribution in [1.29, 1.82) is 0 Å². The van der Waals surface area contributed by atoms with Crippen LogP contribution in [0.25, 0.3) is 0 Å². The molecule has 18 heavy (non-hydrogen) atoms. The molecular weight excluding hydrogens is 231 g/mol. The first kappa shape index (κ1) is 13.5. The van der Waals surface area contributed by atoms with Crippen molar-refractivity contribution in [1.82, 2.24) is 4.90 Å². The van der Waals surface area contributed by atoms with Crippen molar-refractivity contribution in [3.05, 3.63) is 35.1 Å². The van der Waals surface area contributed by atoms with E-state index in [1.807, 2.05) is 6.07 Å². The van der Waals surface area contributed by atoms with E-state index in [0.717, 1.165) is 37.9 Å². The molecule has 0 saturated heterocycles. The zero-order valence-corrected chi connectivity index (χ0v) is 10.6. The maximum atomic E-state index is 13.3. The third kappa shape index (κ3) is 2.88. The molecule has 1 aliphatic rings. The lowest BCUT2D eigenvalue weighted by atomic mass is 10.0. The molecule has 0 spiro atoms. The first-order valence-electron chi connectivity index (χ1n) is 6.59. The van der Waals surface area contributed by atoms with Crippen molar-refractivity contribution in [2.24, 2.45) is 5.73 Å². The molecule has 1 heterocycles. The van der Waals surface area contributed by atoms with E-state index in [-0.39, 0.29) is 18.5 Å². The number of rotatable bonds is 6. The molecule has 0 radical (unpaired) electrons. The highest BCUT2D eigenvalue weighted by Gasteiger charge is 2.28. The average molecular weight is 252 g/mol. The zero-order chi connectivity index (χ0) is 13.0. The Bertz CT molecular complexity index is 397. The van der Waals surface area contributed by atoms with Crippen LogP contribution in [0.15, 0.2) is 18.2 Å². The van der Waals surface area contributed by atoms with Gasteiger partial charge in [-0.25, -0.2) is 4.39 Å². The van der Waals surface area contributed by atoms with Gasteiger partial charge in [0, 0.05) is 25.7 Å². The zero-order valence-electron chi connectivity index (χ0n) is 10.6. The Morgan fingerprint density at radius 3 is 2.89 bits per heavy atom. The summed E-state index contributed by atoms with van der Waals surface area (Å²) in [5, 5.41) is 8.75. The van der Waals surface area contributed by atoms with Crippen LogP contribution in [0.5, 0.6) is 0 Å². The number of aliphatic hydroxyl groups excluding tert-OH is 1. The Morgan fingerprint density at radius 2 is 2.17 bits per heavy atom. The van der Waals surface area contributed by atoms with Crippen LogP contribution in [0.2, 0.25) is 0 Å². The van der Waals surface area contributed by atoms with Crippen LogP contribution in [0.4, 0.5) is 4.39 Å². The third-order valence-electron chi connectivity index (χ3n) is 3.61. The second-order valence-electron chi connectivity index (χ2n) is 4.85. The number of unbranched alkanes of at least 4 members (excludes halogenated alkanes) is 2. The molecule has 1 aromatic rings. The van der Waals surface area contributed by atoms with E-state index < -0.39 is 0 Å². The molecule has 0 saturated carbocycles. The van der Waals surface area contributed by atoms with Crippen molar-refractivity contribution >= 4 is 0 Å². The first-order chi connectivity index (χ1) is 8.76. The van der Waals surface area contributed by atoms with Gasteiger partial charge in [0.1, 0.15) is 5.82 Å². The number of hydrogen-bond donors (Lipinski definition) is 2. The number of hydrogen-bond acceptors (Lipinski definition) is 3. The average Bonchev–Trinajstić information content (AvgIpc) is 2.71. The number of benzene rings is 1. The predicted octanol–water partition coefficient (Wildman–Crippen LogP) is 1.80. The number of aliphatic hydroxyl groups is 1. The predicted molar refractivity (Wildman–Crippen MR) is 69.5 cm³/mol. The Balaban J connectivity index is 1.99. The van der Waals surface area contributed by atoms with Gasteiger partial charge in [-0.05, 0) is 49.1 Å². The molecule has 0 amide bonds. The second kappa shape index (κ2) is 6.27. The van der Waals surface area contributed by atoms with E-state index in [1.54, 1.807) is 6.07 Å². The number of halogens is 1. The van der Waals surface area contributed by atoms with Crippen molar-refractivity contribution in [2.75, 3.05) is 19.7 Å². The van der Waals surface area contributed by atoms with Crippen molar-refractivity contribution < 1.29 is 9.50 Å². The summed E-state index contributed by atoms with van der Waals surface area (Å²) in [6.45, 7) is 2.59. The third-order valence-corrected chi connectivity index (χ3v) is 3.61. The molecular formula is C14H21FN2O. The van der Waals surface area contributed by atoms with Gasteiger partial charge >= 0.3 is 0 Å². The summed E-state index contributed by atoms with van der Waals surface area (Å²) in [5.74, 6) is -0.186. The van der Waals surface area contributed by atoms with Crippen LogP contribution in [0.3, 0.4) is 0 Å². The van der Waals surface area contributed by atoms with E-state index in [2.05, 4.69) is 4.90 Å². The summed E-state index contributed by atoms with van der Waals surface area (Å²) in [5.41, 5.74) is 8.05. The van der Waals surface area contributed by atoms with Crippen LogP contribution in [0.1, 0.15) is 36.4 Å². The number of nitrogens with two attached hydrogens (primary N) is 1. The monoisotopic (exact) mass is 252 g/mol. The molecule has 1 unspecified atom stereocenters.